The number of benzene rings is 1. The first-order valence-corrected chi connectivity index (χ1v) is 9.71. The minimum atomic E-state index is -0.425. The van der Waals surface area contributed by atoms with Gasteiger partial charge in [0, 0.05) is 25.5 Å². The summed E-state index contributed by atoms with van der Waals surface area (Å²) in [4.78, 5) is 28.3. The molecule has 2 aromatic rings. The third-order valence-electron chi connectivity index (χ3n) is 5.46. The molecule has 150 valence electrons. The second-order valence-corrected chi connectivity index (χ2v) is 7.61. The molecule has 2 N–H and O–H groups in total. The van der Waals surface area contributed by atoms with Crippen LogP contribution < -0.4 is 15.4 Å². The van der Waals surface area contributed by atoms with Crippen LogP contribution in [0.2, 0.25) is 0 Å². The van der Waals surface area contributed by atoms with Crippen LogP contribution in [0.3, 0.4) is 0 Å². The van der Waals surface area contributed by atoms with Crippen LogP contribution in [0, 0.1) is 11.8 Å². The summed E-state index contributed by atoms with van der Waals surface area (Å²) < 4.78 is 7.41. The lowest BCUT2D eigenvalue weighted by atomic mass is 9.88. The Morgan fingerprint density at radius 1 is 1.29 bits per heavy atom. The van der Waals surface area contributed by atoms with E-state index < -0.39 is 5.91 Å². The van der Waals surface area contributed by atoms with Crippen LogP contribution in [-0.2, 0) is 17.8 Å². The number of aromatic nitrogens is 2. The highest BCUT2D eigenvalue weighted by atomic mass is 16.5. The Bertz CT molecular complexity index is 859. The smallest absolute Gasteiger partial charge is 0.284 e. The highest BCUT2D eigenvalue weighted by molar-refractivity contribution is 5.95. The Morgan fingerprint density at radius 3 is 2.75 bits per heavy atom. The summed E-state index contributed by atoms with van der Waals surface area (Å²) in [5, 5.41) is 0. The molecule has 1 aromatic carbocycles. The summed E-state index contributed by atoms with van der Waals surface area (Å²) in [6.07, 6.45) is 4.41. The zero-order valence-electron chi connectivity index (χ0n) is 16.7. The number of ether oxygens (including phenoxy) is 1. The molecule has 4 rings (SSSR count). The number of aryl methyl sites for hydroxylation is 1. The number of carbonyl (C=O) groups excluding carboxylic acids is 2. The van der Waals surface area contributed by atoms with E-state index in [2.05, 4.69) is 18.8 Å². The van der Waals surface area contributed by atoms with E-state index in [1.807, 2.05) is 28.8 Å². The Morgan fingerprint density at radius 2 is 2.04 bits per heavy atom. The molecule has 0 aliphatic carbocycles. The first-order chi connectivity index (χ1) is 13.4. The van der Waals surface area contributed by atoms with E-state index in [1.54, 1.807) is 18.1 Å². The molecule has 0 spiro atoms. The van der Waals surface area contributed by atoms with Gasteiger partial charge in [-0.1, -0.05) is 26.0 Å². The Hall–Kier alpha value is -2.83. The van der Waals surface area contributed by atoms with Gasteiger partial charge in [-0.15, -0.1) is 0 Å². The van der Waals surface area contributed by atoms with Crippen LogP contribution in [0.1, 0.15) is 43.0 Å². The van der Waals surface area contributed by atoms with E-state index in [9.17, 15) is 9.59 Å². The Labute approximate surface area is 165 Å². The van der Waals surface area contributed by atoms with Gasteiger partial charge in [0.2, 0.25) is 5.91 Å². The first-order valence-electron chi connectivity index (χ1n) is 9.71. The van der Waals surface area contributed by atoms with Crippen molar-refractivity contribution in [1.29, 1.82) is 0 Å². The number of nitrogens with zero attached hydrogens (tertiary/aromatic N) is 3. The SMILES string of the molecule is CC(C)C1CCc2cnc(C(N)=O)n2C1.CN1C(=O)CCOc2ccccc21. The summed E-state index contributed by atoms with van der Waals surface area (Å²) in [5.74, 6) is 2.15. The van der Waals surface area contributed by atoms with Crippen molar-refractivity contribution in [3.05, 3.63) is 42.0 Å². The van der Waals surface area contributed by atoms with Gasteiger partial charge in [0.05, 0.1) is 18.7 Å². The second kappa shape index (κ2) is 8.46. The maximum absolute atomic E-state index is 11.4. The van der Waals surface area contributed by atoms with Gasteiger partial charge in [0.15, 0.2) is 5.82 Å². The quantitative estimate of drug-likeness (QED) is 0.862. The Balaban J connectivity index is 0.000000162. The zero-order chi connectivity index (χ0) is 20.3. The molecule has 7 nitrogen and oxygen atoms in total. The number of nitrogens with two attached hydrogens (primary N) is 1. The second-order valence-electron chi connectivity index (χ2n) is 7.61. The lowest BCUT2D eigenvalue weighted by Gasteiger charge is -2.27. The van der Waals surface area contributed by atoms with E-state index >= 15 is 0 Å². The largest absolute Gasteiger partial charge is 0.491 e. The standard InChI is InChI=1S/C11H17N3O.C10H11NO2/c1-7(2)8-3-4-9-5-13-11(10(12)15)14(9)6-8;1-11-8-4-2-3-5-9(8)13-7-6-10(11)12/h5,7-8H,3-4,6H2,1-2H3,(H2,12,15);2-5H,6-7H2,1H3. The molecule has 1 unspecified atom stereocenters. The fourth-order valence-electron chi connectivity index (χ4n) is 3.62. The fraction of sp³-hybridized carbons (Fsp3) is 0.476. The van der Waals surface area contributed by atoms with Crippen molar-refractivity contribution in [2.75, 3.05) is 18.6 Å². The molecule has 7 heteroatoms. The number of fused-ring (bicyclic) bond motifs is 2. The molecule has 0 saturated heterocycles. The van der Waals surface area contributed by atoms with Crippen LogP contribution in [0.25, 0.3) is 0 Å². The monoisotopic (exact) mass is 384 g/mol. The molecule has 2 aliphatic heterocycles. The van der Waals surface area contributed by atoms with Gasteiger partial charge in [-0.2, -0.15) is 0 Å². The molecule has 28 heavy (non-hydrogen) atoms. The van der Waals surface area contributed by atoms with Gasteiger partial charge in [-0.05, 0) is 36.8 Å². The molecular weight excluding hydrogens is 356 g/mol. The van der Waals surface area contributed by atoms with Crippen molar-refractivity contribution in [2.45, 2.75) is 39.7 Å². The van der Waals surface area contributed by atoms with Crippen molar-refractivity contribution in [3.63, 3.8) is 0 Å². The molecular formula is C21H28N4O3. The molecule has 0 radical (unpaired) electrons. The number of hydrogen-bond donors (Lipinski definition) is 1. The number of imidazole rings is 1. The molecule has 0 fully saturated rings. The number of carbonyl (C=O) groups is 2. The van der Waals surface area contributed by atoms with Gasteiger partial charge in [0.1, 0.15) is 5.75 Å². The lowest BCUT2D eigenvalue weighted by molar-refractivity contribution is -0.118. The number of anilines is 1. The highest BCUT2D eigenvalue weighted by Crippen LogP contribution is 2.29. The molecule has 0 saturated carbocycles. The van der Waals surface area contributed by atoms with E-state index in [1.165, 1.54) is 6.42 Å². The third kappa shape index (κ3) is 4.18. The lowest BCUT2D eigenvalue weighted by Crippen LogP contribution is -2.28. The van der Waals surface area contributed by atoms with Crippen molar-refractivity contribution in [2.24, 2.45) is 17.6 Å². The zero-order valence-corrected chi connectivity index (χ0v) is 16.7. The minimum absolute atomic E-state index is 0.102. The van der Waals surface area contributed by atoms with Gasteiger partial charge in [0.25, 0.3) is 5.91 Å². The van der Waals surface area contributed by atoms with Crippen molar-refractivity contribution in [1.82, 2.24) is 9.55 Å². The van der Waals surface area contributed by atoms with E-state index in [-0.39, 0.29) is 5.91 Å². The summed E-state index contributed by atoms with van der Waals surface area (Å²) in [5.41, 5.74) is 7.27. The van der Waals surface area contributed by atoms with Crippen molar-refractivity contribution >= 4 is 17.5 Å². The maximum Gasteiger partial charge on any atom is 0.284 e. The molecule has 2 aliphatic rings. The highest BCUT2D eigenvalue weighted by Gasteiger charge is 2.25. The third-order valence-corrected chi connectivity index (χ3v) is 5.46. The number of hydrogen-bond acceptors (Lipinski definition) is 4. The van der Waals surface area contributed by atoms with Gasteiger partial charge in [-0.3, -0.25) is 9.59 Å². The summed E-state index contributed by atoms with van der Waals surface area (Å²) in [6, 6.07) is 7.57. The van der Waals surface area contributed by atoms with E-state index in [0.29, 0.717) is 30.7 Å². The Kier molecular flexibility index (Phi) is 6.02. The predicted molar refractivity (Wildman–Crippen MR) is 107 cm³/mol. The molecule has 1 atom stereocenters. The number of para-hydroxylation sites is 2. The molecule has 0 bridgehead atoms. The van der Waals surface area contributed by atoms with Crippen LogP contribution >= 0.6 is 0 Å². The van der Waals surface area contributed by atoms with Crippen molar-refractivity contribution in [3.8, 4) is 5.75 Å². The number of amides is 2. The average molecular weight is 384 g/mol. The normalized spacial score (nSPS) is 18.4. The first kappa shape index (κ1) is 19.9. The molecule has 3 heterocycles. The van der Waals surface area contributed by atoms with Crippen molar-refractivity contribution < 1.29 is 14.3 Å². The molecule has 1 aromatic heterocycles. The van der Waals surface area contributed by atoms with Gasteiger partial charge < -0.3 is 19.9 Å². The maximum atomic E-state index is 11.4. The topological polar surface area (TPSA) is 90.5 Å². The predicted octanol–water partition coefficient (Wildman–Crippen LogP) is 2.63. The molecule has 2 amide bonds. The minimum Gasteiger partial charge on any atom is -0.491 e. The van der Waals surface area contributed by atoms with E-state index in [4.69, 9.17) is 10.5 Å². The van der Waals surface area contributed by atoms with Gasteiger partial charge in [-0.25, -0.2) is 4.98 Å². The van der Waals surface area contributed by atoms with E-state index in [0.717, 1.165) is 30.1 Å². The number of primary amides is 1. The fourth-order valence-corrected chi connectivity index (χ4v) is 3.62. The number of rotatable bonds is 2. The van der Waals surface area contributed by atoms with Gasteiger partial charge >= 0.3 is 0 Å². The van der Waals surface area contributed by atoms with Crippen LogP contribution in [0.5, 0.6) is 5.75 Å². The van der Waals surface area contributed by atoms with Crippen LogP contribution in [0.4, 0.5) is 5.69 Å². The van der Waals surface area contributed by atoms with Crippen LogP contribution in [-0.4, -0.2) is 35.0 Å². The summed E-state index contributed by atoms with van der Waals surface area (Å²) in [6.45, 7) is 5.79. The summed E-state index contributed by atoms with van der Waals surface area (Å²) in [7, 11) is 1.77. The average Bonchev–Trinajstić information content (AvgIpc) is 3.05. The summed E-state index contributed by atoms with van der Waals surface area (Å²) >= 11 is 0. The van der Waals surface area contributed by atoms with Crippen LogP contribution in [0.15, 0.2) is 30.5 Å².